The van der Waals surface area contributed by atoms with Gasteiger partial charge in [-0.2, -0.15) is 0 Å². The predicted octanol–water partition coefficient (Wildman–Crippen LogP) is 6.90. The molecule has 3 aliphatic rings. The summed E-state index contributed by atoms with van der Waals surface area (Å²) in [6.45, 7) is 7.41. The maximum absolute atomic E-state index is 6.03. The third kappa shape index (κ3) is 12.8. The van der Waals surface area contributed by atoms with Crippen LogP contribution in [0.5, 0.6) is 11.5 Å². The van der Waals surface area contributed by atoms with Gasteiger partial charge in [-0.15, -0.1) is 0 Å². The first kappa shape index (κ1) is 35.1. The molecule has 0 spiro atoms. The van der Waals surface area contributed by atoms with Crippen molar-refractivity contribution in [1.29, 1.82) is 0 Å². The van der Waals surface area contributed by atoms with Gasteiger partial charge in [-0.05, 0) is 48.2 Å². The van der Waals surface area contributed by atoms with E-state index >= 15 is 0 Å². The highest BCUT2D eigenvalue weighted by Gasteiger charge is 2.33. The standard InChI is InChI=1S/C38H56O8/c1-2-4-6-8-18-38(19-9-7-5-3-1,32-10-14-34(15-11-32)43-26-24-39-20-22-41-28-36-30-45-36)33-12-16-35(17-13-33)44-27-25-40-21-23-42-29-37-31-46-37/h10-17,36-37H,1-9,18-31H2. The fourth-order valence-corrected chi connectivity index (χ4v) is 6.34. The molecule has 2 saturated heterocycles. The summed E-state index contributed by atoms with van der Waals surface area (Å²) in [5.41, 5.74) is 2.73. The molecule has 0 aromatic heterocycles. The molecule has 2 aromatic carbocycles. The Balaban J connectivity index is 1.14. The van der Waals surface area contributed by atoms with Gasteiger partial charge in [0.25, 0.3) is 0 Å². The molecular formula is C38H56O8. The molecule has 3 fully saturated rings. The van der Waals surface area contributed by atoms with E-state index in [-0.39, 0.29) is 5.41 Å². The zero-order valence-corrected chi connectivity index (χ0v) is 27.8. The average Bonchev–Trinajstić information content (AvgIpc) is 4.02. The van der Waals surface area contributed by atoms with Crippen LogP contribution in [0.2, 0.25) is 0 Å². The second-order valence-corrected chi connectivity index (χ2v) is 12.8. The number of hydrogen-bond donors (Lipinski definition) is 0. The summed E-state index contributed by atoms with van der Waals surface area (Å²) in [4.78, 5) is 0. The highest BCUT2D eigenvalue weighted by Crippen LogP contribution is 2.43. The van der Waals surface area contributed by atoms with Gasteiger partial charge in [0, 0.05) is 5.41 Å². The van der Waals surface area contributed by atoms with Crippen LogP contribution in [0.25, 0.3) is 0 Å². The molecular weight excluding hydrogens is 584 g/mol. The lowest BCUT2D eigenvalue weighted by atomic mass is 9.67. The van der Waals surface area contributed by atoms with Crippen molar-refractivity contribution < 1.29 is 37.9 Å². The van der Waals surface area contributed by atoms with Gasteiger partial charge >= 0.3 is 0 Å². The van der Waals surface area contributed by atoms with E-state index in [4.69, 9.17) is 37.9 Å². The first-order valence-electron chi connectivity index (χ1n) is 17.8. The lowest BCUT2D eigenvalue weighted by molar-refractivity contribution is 0.0317. The average molecular weight is 641 g/mol. The Morgan fingerprint density at radius 1 is 0.457 bits per heavy atom. The third-order valence-corrected chi connectivity index (χ3v) is 9.17. The normalized spacial score (nSPS) is 21.6. The van der Waals surface area contributed by atoms with Crippen LogP contribution in [0.1, 0.15) is 81.8 Å². The van der Waals surface area contributed by atoms with Crippen LogP contribution in [0.3, 0.4) is 0 Å². The Morgan fingerprint density at radius 3 is 1.20 bits per heavy atom. The molecule has 0 amide bonds. The molecule has 2 atom stereocenters. The van der Waals surface area contributed by atoms with Crippen molar-refractivity contribution in [3.05, 3.63) is 59.7 Å². The number of benzene rings is 2. The number of ether oxygens (including phenoxy) is 8. The van der Waals surface area contributed by atoms with E-state index in [2.05, 4.69) is 48.5 Å². The molecule has 1 saturated carbocycles. The van der Waals surface area contributed by atoms with Crippen molar-refractivity contribution >= 4 is 0 Å². The molecule has 2 heterocycles. The Hall–Kier alpha value is -2.20. The van der Waals surface area contributed by atoms with E-state index in [1.54, 1.807) is 0 Å². The van der Waals surface area contributed by atoms with Gasteiger partial charge < -0.3 is 37.9 Å². The van der Waals surface area contributed by atoms with Crippen LogP contribution in [-0.4, -0.2) is 91.5 Å². The minimum Gasteiger partial charge on any atom is -0.491 e. The molecule has 46 heavy (non-hydrogen) atoms. The number of hydrogen-bond acceptors (Lipinski definition) is 8. The van der Waals surface area contributed by atoms with Crippen molar-refractivity contribution in [3.8, 4) is 11.5 Å². The van der Waals surface area contributed by atoms with E-state index in [1.807, 2.05) is 0 Å². The van der Waals surface area contributed by atoms with E-state index in [0.29, 0.717) is 78.3 Å². The fraction of sp³-hybridized carbons (Fsp3) is 0.684. The largest absolute Gasteiger partial charge is 0.491 e. The van der Waals surface area contributed by atoms with Gasteiger partial charge in [0.15, 0.2) is 0 Å². The number of rotatable bonds is 20. The minimum absolute atomic E-state index is 0.0283. The minimum atomic E-state index is -0.0283. The Bertz CT molecular complexity index is 982. The summed E-state index contributed by atoms with van der Waals surface area (Å²) >= 11 is 0. The summed E-state index contributed by atoms with van der Waals surface area (Å²) in [5, 5.41) is 0. The highest BCUT2D eigenvalue weighted by atomic mass is 16.6. The summed E-state index contributed by atoms with van der Waals surface area (Å²) in [6.07, 6.45) is 14.7. The zero-order valence-electron chi connectivity index (χ0n) is 27.8. The van der Waals surface area contributed by atoms with E-state index in [0.717, 1.165) is 37.6 Å². The predicted molar refractivity (Wildman–Crippen MR) is 178 cm³/mol. The van der Waals surface area contributed by atoms with Gasteiger partial charge in [-0.25, -0.2) is 0 Å². The monoisotopic (exact) mass is 640 g/mol. The summed E-state index contributed by atoms with van der Waals surface area (Å²) in [5.74, 6) is 1.76. The lowest BCUT2D eigenvalue weighted by Gasteiger charge is -2.36. The molecule has 8 heteroatoms. The topological polar surface area (TPSA) is 80.4 Å². The molecule has 0 bridgehead atoms. The second kappa shape index (κ2) is 20.2. The van der Waals surface area contributed by atoms with Crippen LogP contribution >= 0.6 is 0 Å². The number of epoxide rings is 2. The van der Waals surface area contributed by atoms with Crippen LogP contribution < -0.4 is 9.47 Å². The Morgan fingerprint density at radius 2 is 0.804 bits per heavy atom. The van der Waals surface area contributed by atoms with E-state index < -0.39 is 0 Å². The maximum atomic E-state index is 6.03. The van der Waals surface area contributed by atoms with Gasteiger partial charge in [-0.1, -0.05) is 82.1 Å². The second-order valence-electron chi connectivity index (χ2n) is 12.8. The first-order chi connectivity index (χ1) is 22.8. The van der Waals surface area contributed by atoms with E-state index in [9.17, 15) is 0 Å². The van der Waals surface area contributed by atoms with Gasteiger partial charge in [0.05, 0.1) is 66.1 Å². The van der Waals surface area contributed by atoms with Gasteiger partial charge in [0.2, 0.25) is 0 Å². The summed E-state index contributed by atoms with van der Waals surface area (Å²) in [6, 6.07) is 17.7. The third-order valence-electron chi connectivity index (χ3n) is 9.17. The van der Waals surface area contributed by atoms with Crippen molar-refractivity contribution in [2.24, 2.45) is 0 Å². The molecule has 256 valence electrons. The lowest BCUT2D eigenvalue weighted by Crippen LogP contribution is -2.28. The van der Waals surface area contributed by atoms with E-state index in [1.165, 1.54) is 68.9 Å². The van der Waals surface area contributed by atoms with Gasteiger partial charge in [-0.3, -0.25) is 0 Å². The quantitative estimate of drug-likeness (QED) is 0.114. The molecule has 0 N–H and O–H groups in total. The molecule has 8 nitrogen and oxygen atoms in total. The molecule has 2 aromatic rings. The van der Waals surface area contributed by atoms with Crippen LogP contribution in [0.4, 0.5) is 0 Å². The van der Waals surface area contributed by atoms with Crippen molar-refractivity contribution in [3.63, 3.8) is 0 Å². The van der Waals surface area contributed by atoms with Crippen LogP contribution in [0, 0.1) is 0 Å². The van der Waals surface area contributed by atoms with Crippen molar-refractivity contribution in [1.82, 2.24) is 0 Å². The van der Waals surface area contributed by atoms with Crippen molar-refractivity contribution in [2.45, 2.75) is 88.3 Å². The smallest absolute Gasteiger partial charge is 0.119 e. The molecule has 5 rings (SSSR count). The summed E-state index contributed by atoms with van der Waals surface area (Å²) in [7, 11) is 0. The molecule has 0 radical (unpaired) electrons. The first-order valence-corrected chi connectivity index (χ1v) is 17.8. The fourth-order valence-electron chi connectivity index (χ4n) is 6.34. The molecule has 2 unspecified atom stereocenters. The SMILES string of the molecule is c1cc(C2(c3ccc(OCCOCCOCC4CO4)cc3)CCCCCCCCCCC2)ccc1OCCOCCOCC1CO1. The molecule has 1 aliphatic carbocycles. The molecule has 2 aliphatic heterocycles. The highest BCUT2D eigenvalue weighted by molar-refractivity contribution is 5.43. The van der Waals surface area contributed by atoms with Crippen molar-refractivity contribution in [2.75, 3.05) is 79.3 Å². The zero-order chi connectivity index (χ0) is 31.5. The Kier molecular flexibility index (Phi) is 15.4. The summed E-state index contributed by atoms with van der Waals surface area (Å²) < 4.78 is 44.8. The Labute approximate surface area is 276 Å². The van der Waals surface area contributed by atoms with Gasteiger partial charge in [0.1, 0.15) is 36.9 Å². The maximum Gasteiger partial charge on any atom is 0.119 e. The van der Waals surface area contributed by atoms with Crippen LogP contribution in [-0.2, 0) is 33.8 Å². The van der Waals surface area contributed by atoms with Crippen LogP contribution in [0.15, 0.2) is 48.5 Å².